The lowest BCUT2D eigenvalue weighted by Gasteiger charge is -1.95. The van der Waals surface area contributed by atoms with Crippen LogP contribution in [0.3, 0.4) is 0 Å². The fraction of sp³-hybridized carbons (Fsp3) is 0.706. The molecule has 0 aromatic heterocycles. The number of carbonyl (C=O) groups excluding carboxylic acids is 1. The van der Waals surface area contributed by atoms with Gasteiger partial charge in [0.05, 0.1) is 7.11 Å². The molecule has 0 aliphatic heterocycles. The topological polar surface area (TPSA) is 26.3 Å². The molecule has 0 aromatic rings. The molecule has 0 fully saturated rings. The molecule has 0 unspecified atom stereocenters. The average molecular weight is 266 g/mol. The molecule has 0 saturated carbocycles. The minimum Gasteiger partial charge on any atom is -0.469 e. The molecule has 0 heterocycles. The fourth-order valence-corrected chi connectivity index (χ4v) is 1.82. The van der Waals surface area contributed by atoms with Gasteiger partial charge in [0.25, 0.3) is 0 Å². The van der Waals surface area contributed by atoms with E-state index in [4.69, 9.17) is 0 Å². The molecular weight excluding hydrogens is 236 g/mol. The number of methoxy groups -OCH3 is 1. The van der Waals surface area contributed by atoms with E-state index in [0.717, 1.165) is 25.7 Å². The standard InChI is InChI=1S/C17H30O2/c1-3-4-5-6-7-8-9-10-11-12-13-14-15-16-17(18)19-2/h8-9,12-13H,3-7,10-11,14-16H2,1-2H3. The first-order valence-electron chi connectivity index (χ1n) is 7.68. The van der Waals surface area contributed by atoms with Gasteiger partial charge in [0.1, 0.15) is 0 Å². The Kier molecular flexibility index (Phi) is 14.2. The van der Waals surface area contributed by atoms with E-state index in [-0.39, 0.29) is 5.97 Å². The first kappa shape index (κ1) is 17.9. The molecule has 110 valence electrons. The number of ether oxygens (including phenoxy) is 1. The van der Waals surface area contributed by atoms with Gasteiger partial charge < -0.3 is 4.74 Å². The molecule has 0 aromatic carbocycles. The highest BCUT2D eigenvalue weighted by molar-refractivity contribution is 5.68. The van der Waals surface area contributed by atoms with Crippen LogP contribution < -0.4 is 0 Å². The van der Waals surface area contributed by atoms with Crippen molar-refractivity contribution in [2.45, 2.75) is 71.1 Å². The number of allylic oxidation sites excluding steroid dienone is 4. The van der Waals surface area contributed by atoms with E-state index >= 15 is 0 Å². The maximum absolute atomic E-state index is 10.9. The van der Waals surface area contributed by atoms with E-state index in [1.54, 1.807) is 0 Å². The lowest BCUT2D eigenvalue weighted by atomic mass is 10.1. The predicted octanol–water partition coefficient (Wildman–Crippen LogP) is 5.19. The predicted molar refractivity (Wildman–Crippen MR) is 82.1 cm³/mol. The van der Waals surface area contributed by atoms with Crippen molar-refractivity contribution in [2.24, 2.45) is 0 Å². The van der Waals surface area contributed by atoms with Crippen LogP contribution in [-0.2, 0) is 9.53 Å². The van der Waals surface area contributed by atoms with Gasteiger partial charge in [0.15, 0.2) is 0 Å². The Bertz CT molecular complexity index is 254. The smallest absolute Gasteiger partial charge is 0.305 e. The van der Waals surface area contributed by atoms with Crippen molar-refractivity contribution in [3.63, 3.8) is 0 Å². The van der Waals surface area contributed by atoms with Gasteiger partial charge in [-0.15, -0.1) is 0 Å². The SMILES string of the molecule is CCCCCCC=CCCC=CCCCC(=O)OC. The molecule has 0 amide bonds. The molecule has 2 nitrogen and oxygen atoms in total. The van der Waals surface area contributed by atoms with Crippen LogP contribution in [0.5, 0.6) is 0 Å². The molecule has 0 radical (unpaired) electrons. The summed E-state index contributed by atoms with van der Waals surface area (Å²) in [5, 5.41) is 0. The van der Waals surface area contributed by atoms with Crippen molar-refractivity contribution in [1.29, 1.82) is 0 Å². The highest BCUT2D eigenvalue weighted by Crippen LogP contribution is 2.04. The third kappa shape index (κ3) is 14.9. The van der Waals surface area contributed by atoms with E-state index in [1.165, 1.54) is 39.2 Å². The zero-order valence-electron chi connectivity index (χ0n) is 12.7. The fourth-order valence-electron chi connectivity index (χ4n) is 1.82. The van der Waals surface area contributed by atoms with Crippen molar-refractivity contribution in [1.82, 2.24) is 0 Å². The highest BCUT2D eigenvalue weighted by atomic mass is 16.5. The summed E-state index contributed by atoms with van der Waals surface area (Å²) in [7, 11) is 1.44. The summed E-state index contributed by atoms with van der Waals surface area (Å²) in [6.45, 7) is 2.24. The quantitative estimate of drug-likeness (QED) is 0.276. The Morgan fingerprint density at radius 1 is 0.842 bits per heavy atom. The van der Waals surface area contributed by atoms with Crippen LogP contribution in [0, 0.1) is 0 Å². The van der Waals surface area contributed by atoms with Crippen LogP contribution in [0.4, 0.5) is 0 Å². The van der Waals surface area contributed by atoms with Crippen molar-refractivity contribution in [3.05, 3.63) is 24.3 Å². The first-order valence-corrected chi connectivity index (χ1v) is 7.68. The number of hydrogen-bond donors (Lipinski definition) is 0. The summed E-state index contributed by atoms with van der Waals surface area (Å²) in [5.74, 6) is -0.112. The van der Waals surface area contributed by atoms with E-state index in [1.807, 2.05) is 0 Å². The zero-order chi connectivity index (χ0) is 14.2. The number of esters is 1. The summed E-state index contributed by atoms with van der Waals surface area (Å²) in [4.78, 5) is 10.9. The second-order valence-electron chi connectivity index (χ2n) is 4.84. The third-order valence-corrected chi connectivity index (χ3v) is 3.04. The Hall–Kier alpha value is -1.05. The Morgan fingerprint density at radius 2 is 1.42 bits per heavy atom. The van der Waals surface area contributed by atoms with Gasteiger partial charge in [-0.1, -0.05) is 50.5 Å². The van der Waals surface area contributed by atoms with E-state index < -0.39 is 0 Å². The monoisotopic (exact) mass is 266 g/mol. The van der Waals surface area contributed by atoms with Crippen LogP contribution in [-0.4, -0.2) is 13.1 Å². The number of carbonyl (C=O) groups is 1. The third-order valence-electron chi connectivity index (χ3n) is 3.04. The van der Waals surface area contributed by atoms with Crippen molar-refractivity contribution < 1.29 is 9.53 Å². The summed E-state index contributed by atoms with van der Waals surface area (Å²) < 4.78 is 4.59. The van der Waals surface area contributed by atoms with Gasteiger partial charge in [-0.2, -0.15) is 0 Å². The Balaban J connectivity index is 3.24. The number of rotatable bonds is 12. The van der Waals surface area contributed by atoms with Gasteiger partial charge in [0.2, 0.25) is 0 Å². The molecule has 0 aliphatic carbocycles. The lowest BCUT2D eigenvalue weighted by Crippen LogP contribution is -1.98. The molecule has 0 saturated heterocycles. The van der Waals surface area contributed by atoms with Gasteiger partial charge in [0, 0.05) is 6.42 Å². The lowest BCUT2D eigenvalue weighted by molar-refractivity contribution is -0.140. The van der Waals surface area contributed by atoms with Crippen molar-refractivity contribution >= 4 is 5.97 Å². The molecule has 19 heavy (non-hydrogen) atoms. The average Bonchev–Trinajstić information content (AvgIpc) is 2.43. The molecule has 0 rings (SSSR count). The normalized spacial score (nSPS) is 11.5. The maximum Gasteiger partial charge on any atom is 0.305 e. The van der Waals surface area contributed by atoms with Crippen LogP contribution in [0.25, 0.3) is 0 Å². The highest BCUT2D eigenvalue weighted by Gasteiger charge is 1.96. The van der Waals surface area contributed by atoms with Crippen molar-refractivity contribution in [3.8, 4) is 0 Å². The molecular formula is C17H30O2. The largest absolute Gasteiger partial charge is 0.469 e. The zero-order valence-corrected chi connectivity index (χ0v) is 12.7. The van der Waals surface area contributed by atoms with E-state index in [0.29, 0.717) is 6.42 Å². The minimum atomic E-state index is -0.112. The maximum atomic E-state index is 10.9. The Labute approximate surface area is 118 Å². The molecule has 0 atom stereocenters. The minimum absolute atomic E-state index is 0.112. The number of hydrogen-bond acceptors (Lipinski definition) is 2. The second kappa shape index (κ2) is 15.0. The van der Waals surface area contributed by atoms with Crippen LogP contribution in [0.15, 0.2) is 24.3 Å². The number of unbranched alkanes of at least 4 members (excludes halogenated alkanes) is 6. The van der Waals surface area contributed by atoms with Gasteiger partial charge in [-0.05, 0) is 38.5 Å². The molecule has 0 N–H and O–H groups in total. The summed E-state index contributed by atoms with van der Waals surface area (Å²) in [5.41, 5.74) is 0. The van der Waals surface area contributed by atoms with Gasteiger partial charge in [-0.3, -0.25) is 4.79 Å². The Morgan fingerprint density at radius 3 is 2.00 bits per heavy atom. The van der Waals surface area contributed by atoms with Crippen molar-refractivity contribution in [2.75, 3.05) is 7.11 Å². The molecule has 0 spiro atoms. The van der Waals surface area contributed by atoms with Crippen LogP contribution in [0.1, 0.15) is 71.1 Å². The van der Waals surface area contributed by atoms with Gasteiger partial charge in [-0.25, -0.2) is 0 Å². The van der Waals surface area contributed by atoms with E-state index in [2.05, 4.69) is 36.0 Å². The van der Waals surface area contributed by atoms with Crippen LogP contribution in [0.2, 0.25) is 0 Å². The molecule has 2 heteroatoms. The van der Waals surface area contributed by atoms with Gasteiger partial charge >= 0.3 is 5.97 Å². The second-order valence-corrected chi connectivity index (χ2v) is 4.84. The van der Waals surface area contributed by atoms with Crippen LogP contribution >= 0.6 is 0 Å². The van der Waals surface area contributed by atoms with E-state index in [9.17, 15) is 4.79 Å². The summed E-state index contributed by atoms with van der Waals surface area (Å²) in [6, 6.07) is 0. The first-order chi connectivity index (χ1) is 9.31. The summed E-state index contributed by atoms with van der Waals surface area (Å²) >= 11 is 0. The molecule has 0 bridgehead atoms. The molecule has 0 aliphatic rings. The summed E-state index contributed by atoms with van der Waals surface area (Å²) in [6.07, 6.45) is 20.2.